The van der Waals surface area contributed by atoms with Gasteiger partial charge in [0.25, 0.3) is 0 Å². The Kier molecular flexibility index (Phi) is 5.95. The second kappa shape index (κ2) is 8.37. The van der Waals surface area contributed by atoms with Gasteiger partial charge in [0.2, 0.25) is 0 Å². The number of nitrogens with zero attached hydrogens (tertiary/aromatic N) is 1. The predicted molar refractivity (Wildman–Crippen MR) is 102 cm³/mol. The normalized spacial score (nSPS) is 16.9. The lowest BCUT2D eigenvalue weighted by Crippen LogP contribution is -2.33. The first kappa shape index (κ1) is 17.8. The smallest absolute Gasteiger partial charge is 0.124 e. The molecule has 0 saturated carbocycles. The molecule has 134 valence electrons. The molecule has 1 aliphatic heterocycles. The van der Waals surface area contributed by atoms with E-state index in [1.807, 2.05) is 12.1 Å². The average Bonchev–Trinajstić information content (AvgIpc) is 2.93. The van der Waals surface area contributed by atoms with Crippen molar-refractivity contribution in [2.24, 2.45) is 0 Å². The summed E-state index contributed by atoms with van der Waals surface area (Å²) in [6, 6.07) is 14.9. The Labute approximate surface area is 150 Å². The summed E-state index contributed by atoms with van der Waals surface area (Å²) in [6.45, 7) is 6.34. The first-order chi connectivity index (χ1) is 12.2. The molecule has 1 N–H and O–H groups in total. The van der Waals surface area contributed by atoms with E-state index in [1.165, 1.54) is 11.1 Å². The molecule has 0 radical (unpaired) electrons. The van der Waals surface area contributed by atoms with Gasteiger partial charge in [0.15, 0.2) is 0 Å². The van der Waals surface area contributed by atoms with Crippen LogP contribution in [0.5, 0.6) is 11.5 Å². The van der Waals surface area contributed by atoms with Crippen molar-refractivity contribution in [1.29, 1.82) is 0 Å². The van der Waals surface area contributed by atoms with Crippen LogP contribution in [0.25, 0.3) is 0 Å². The molecule has 1 aliphatic rings. The lowest BCUT2D eigenvalue weighted by molar-refractivity contribution is 0.235. The van der Waals surface area contributed by atoms with Gasteiger partial charge >= 0.3 is 0 Å². The number of nitrogens with one attached hydrogen (secondary N) is 1. The van der Waals surface area contributed by atoms with Crippen LogP contribution in [0.1, 0.15) is 29.2 Å². The van der Waals surface area contributed by atoms with Crippen LogP contribution in [0.4, 0.5) is 0 Å². The van der Waals surface area contributed by atoms with Crippen LogP contribution in [0.15, 0.2) is 42.5 Å². The van der Waals surface area contributed by atoms with E-state index in [1.54, 1.807) is 14.2 Å². The molecule has 0 spiro atoms. The zero-order valence-corrected chi connectivity index (χ0v) is 15.4. The van der Waals surface area contributed by atoms with Crippen molar-refractivity contribution >= 4 is 0 Å². The van der Waals surface area contributed by atoms with Gasteiger partial charge in [-0.15, -0.1) is 0 Å². The van der Waals surface area contributed by atoms with Crippen molar-refractivity contribution in [2.75, 3.05) is 40.4 Å². The molecule has 1 atom stereocenters. The van der Waals surface area contributed by atoms with Crippen LogP contribution in [-0.2, 0) is 0 Å². The molecule has 3 rings (SSSR count). The summed E-state index contributed by atoms with van der Waals surface area (Å²) in [7, 11) is 3.45. The fraction of sp³-hybridized carbons (Fsp3) is 0.429. The van der Waals surface area contributed by atoms with Crippen molar-refractivity contribution in [3.05, 3.63) is 59.2 Å². The van der Waals surface area contributed by atoms with E-state index in [-0.39, 0.29) is 6.04 Å². The lowest BCUT2D eigenvalue weighted by atomic mass is 9.92. The zero-order chi connectivity index (χ0) is 17.6. The number of hydrogen-bond donors (Lipinski definition) is 1. The number of hydrogen-bond acceptors (Lipinski definition) is 4. The minimum absolute atomic E-state index is 0.158. The van der Waals surface area contributed by atoms with Crippen molar-refractivity contribution in [1.82, 2.24) is 10.2 Å². The van der Waals surface area contributed by atoms with E-state index in [0.29, 0.717) is 0 Å². The van der Waals surface area contributed by atoms with Gasteiger partial charge in [-0.3, -0.25) is 4.90 Å². The molecule has 25 heavy (non-hydrogen) atoms. The Hall–Kier alpha value is -2.04. The highest BCUT2D eigenvalue weighted by Gasteiger charge is 2.27. The molecule has 2 aromatic carbocycles. The number of ether oxygens (including phenoxy) is 2. The average molecular weight is 340 g/mol. The molecule has 1 saturated heterocycles. The van der Waals surface area contributed by atoms with Crippen molar-refractivity contribution in [3.8, 4) is 11.5 Å². The summed E-state index contributed by atoms with van der Waals surface area (Å²) in [5.41, 5.74) is 3.79. The molecule has 4 nitrogen and oxygen atoms in total. The number of aryl methyl sites for hydroxylation is 1. The molecule has 0 aliphatic carbocycles. The number of methoxy groups -OCH3 is 2. The highest BCUT2D eigenvalue weighted by atomic mass is 16.5. The van der Waals surface area contributed by atoms with E-state index >= 15 is 0 Å². The molecule has 0 aromatic heterocycles. The van der Waals surface area contributed by atoms with Gasteiger partial charge < -0.3 is 14.8 Å². The van der Waals surface area contributed by atoms with Gasteiger partial charge in [-0.25, -0.2) is 0 Å². The Morgan fingerprint density at radius 2 is 1.80 bits per heavy atom. The van der Waals surface area contributed by atoms with Gasteiger partial charge in [0.05, 0.1) is 20.3 Å². The maximum Gasteiger partial charge on any atom is 0.124 e. The molecule has 0 amide bonds. The summed E-state index contributed by atoms with van der Waals surface area (Å²) < 4.78 is 11.2. The quantitative estimate of drug-likeness (QED) is 0.904. The third kappa shape index (κ3) is 3.97. The van der Waals surface area contributed by atoms with Crippen LogP contribution in [0.3, 0.4) is 0 Å². The van der Waals surface area contributed by atoms with Crippen LogP contribution < -0.4 is 14.8 Å². The largest absolute Gasteiger partial charge is 0.497 e. The second-order valence-electron chi connectivity index (χ2n) is 6.51. The van der Waals surface area contributed by atoms with Gasteiger partial charge in [-0.2, -0.15) is 0 Å². The Balaban J connectivity index is 2.12. The van der Waals surface area contributed by atoms with E-state index < -0.39 is 0 Å². The predicted octanol–water partition coefficient (Wildman–Crippen LogP) is 3.40. The summed E-state index contributed by atoms with van der Waals surface area (Å²) in [5, 5.41) is 3.50. The van der Waals surface area contributed by atoms with Crippen LogP contribution in [0.2, 0.25) is 0 Å². The highest BCUT2D eigenvalue weighted by Crippen LogP contribution is 2.38. The van der Waals surface area contributed by atoms with Crippen molar-refractivity contribution in [2.45, 2.75) is 19.4 Å². The summed E-state index contributed by atoms with van der Waals surface area (Å²) in [5.74, 6) is 1.77. The highest BCUT2D eigenvalue weighted by molar-refractivity contribution is 5.47. The van der Waals surface area contributed by atoms with Crippen molar-refractivity contribution < 1.29 is 9.47 Å². The van der Waals surface area contributed by atoms with Gasteiger partial charge in [0.1, 0.15) is 11.5 Å². The van der Waals surface area contributed by atoms with Gasteiger partial charge in [-0.1, -0.05) is 24.3 Å². The molecule has 1 fully saturated rings. The molecule has 0 bridgehead atoms. The Morgan fingerprint density at radius 1 is 0.960 bits per heavy atom. The fourth-order valence-corrected chi connectivity index (χ4v) is 3.63. The number of rotatable bonds is 5. The standard InChI is InChI=1S/C21H28N2O2/c1-16-7-4-5-8-18(16)21(23-13-6-11-22-12-14-23)19-15-17(24-2)9-10-20(19)25-3/h4-5,7-10,15,21-22H,6,11-14H2,1-3H3. The van der Waals surface area contributed by atoms with E-state index in [0.717, 1.165) is 49.7 Å². The van der Waals surface area contributed by atoms with E-state index in [9.17, 15) is 0 Å². The maximum atomic E-state index is 5.71. The summed E-state index contributed by atoms with van der Waals surface area (Å²) in [4.78, 5) is 2.56. The van der Waals surface area contributed by atoms with Crippen LogP contribution >= 0.6 is 0 Å². The molecule has 1 unspecified atom stereocenters. The second-order valence-corrected chi connectivity index (χ2v) is 6.51. The van der Waals surface area contributed by atoms with Gasteiger partial charge in [-0.05, 0) is 49.2 Å². The SMILES string of the molecule is COc1ccc(OC)c(C(c2ccccc2C)N2CCCNCC2)c1. The Morgan fingerprint density at radius 3 is 2.56 bits per heavy atom. The number of benzene rings is 2. The zero-order valence-electron chi connectivity index (χ0n) is 15.4. The molecule has 1 heterocycles. The maximum absolute atomic E-state index is 5.71. The first-order valence-corrected chi connectivity index (χ1v) is 8.97. The summed E-state index contributed by atoms with van der Waals surface area (Å²) in [6.07, 6.45) is 1.15. The topological polar surface area (TPSA) is 33.7 Å². The lowest BCUT2D eigenvalue weighted by Gasteiger charge is -2.33. The molecular weight excluding hydrogens is 312 g/mol. The fourth-order valence-electron chi connectivity index (χ4n) is 3.63. The third-order valence-corrected chi connectivity index (χ3v) is 4.95. The first-order valence-electron chi connectivity index (χ1n) is 8.97. The van der Waals surface area contributed by atoms with Crippen LogP contribution in [0, 0.1) is 6.92 Å². The van der Waals surface area contributed by atoms with Crippen LogP contribution in [-0.4, -0.2) is 45.3 Å². The molecular formula is C21H28N2O2. The van der Waals surface area contributed by atoms with Crippen molar-refractivity contribution in [3.63, 3.8) is 0 Å². The minimum Gasteiger partial charge on any atom is -0.497 e. The third-order valence-electron chi connectivity index (χ3n) is 4.95. The minimum atomic E-state index is 0.158. The van der Waals surface area contributed by atoms with E-state index in [4.69, 9.17) is 9.47 Å². The molecule has 2 aromatic rings. The van der Waals surface area contributed by atoms with E-state index in [2.05, 4.69) is 47.5 Å². The summed E-state index contributed by atoms with van der Waals surface area (Å²) >= 11 is 0. The van der Waals surface area contributed by atoms with Gasteiger partial charge in [0, 0.05) is 25.2 Å². The Bertz CT molecular complexity index is 694. The monoisotopic (exact) mass is 340 g/mol. The molecule has 4 heteroatoms.